The quantitative estimate of drug-likeness (QED) is 0.167. The number of hydrogen-bond donors (Lipinski definition) is 0. The van der Waals surface area contributed by atoms with Crippen molar-refractivity contribution in [1.82, 2.24) is 0 Å². The molecule has 0 saturated heterocycles. The molecule has 0 aromatic heterocycles. The second kappa shape index (κ2) is 11.5. The van der Waals surface area contributed by atoms with Crippen LogP contribution in [0.3, 0.4) is 0 Å². The van der Waals surface area contributed by atoms with Gasteiger partial charge in [-0.15, -0.1) is 0 Å². The second-order valence-corrected chi connectivity index (χ2v) is 14.8. The molecule has 0 heterocycles. The monoisotopic (exact) mass is 506 g/mol. The van der Waals surface area contributed by atoms with E-state index in [0.717, 1.165) is 0 Å². The van der Waals surface area contributed by atoms with Gasteiger partial charge in [-0.1, -0.05) is 53.5 Å². The number of carbonyl (C=O) groups is 1. The van der Waals surface area contributed by atoms with Crippen molar-refractivity contribution in [3.05, 3.63) is 35.6 Å². The van der Waals surface area contributed by atoms with Crippen LogP contribution >= 0.6 is 10.0 Å². The molecule has 0 saturated carbocycles. The van der Waals surface area contributed by atoms with E-state index in [9.17, 15) is 4.79 Å². The first-order chi connectivity index (χ1) is 16.2. The van der Waals surface area contributed by atoms with Crippen LogP contribution in [0.5, 0.6) is 11.5 Å². The van der Waals surface area contributed by atoms with Crippen LogP contribution in [0.4, 0.5) is 9.18 Å². The Hall–Kier alpha value is -2.43. The molecule has 194 valence electrons. The minimum absolute atomic E-state index is 0.00822. The first-order valence-electron chi connectivity index (χ1n) is 11.8. The second-order valence-electron chi connectivity index (χ2n) is 10.2. The van der Waals surface area contributed by atoms with E-state index in [-0.39, 0.29) is 18.1 Å². The molecular weight excluding hydrogens is 467 g/mol. The summed E-state index contributed by atoms with van der Waals surface area (Å²) >= 11 is 0. The van der Waals surface area contributed by atoms with Crippen molar-refractivity contribution >= 4 is 27.0 Å². The van der Waals surface area contributed by atoms with Gasteiger partial charge in [0.1, 0.15) is 22.9 Å². The minimum Gasteiger partial charge on any atom is -0.467 e. The Bertz CT molecular complexity index is 1080. The molecule has 0 bridgehead atoms. The Labute approximate surface area is 211 Å². The topological polar surface area (TPSA) is 54.0 Å². The van der Waals surface area contributed by atoms with Crippen LogP contribution in [0.2, 0.25) is 0 Å². The molecule has 2 aromatic carbocycles. The Morgan fingerprint density at radius 1 is 1.03 bits per heavy atom. The van der Waals surface area contributed by atoms with Crippen molar-refractivity contribution in [2.24, 2.45) is 0 Å². The lowest BCUT2D eigenvalue weighted by atomic mass is 10.0. The van der Waals surface area contributed by atoms with E-state index in [1.165, 1.54) is 19.2 Å². The van der Waals surface area contributed by atoms with E-state index >= 15 is 4.39 Å². The minimum atomic E-state index is -1.41. The average molecular weight is 507 g/mol. The molecule has 0 fully saturated rings. The van der Waals surface area contributed by atoms with Gasteiger partial charge < -0.3 is 18.9 Å². The summed E-state index contributed by atoms with van der Waals surface area (Å²) in [4.78, 5) is 12.5. The summed E-state index contributed by atoms with van der Waals surface area (Å²) in [6.07, 6.45) is -0.891. The molecule has 0 aliphatic carbocycles. The van der Waals surface area contributed by atoms with Crippen molar-refractivity contribution in [3.63, 3.8) is 0 Å². The number of fused-ring (bicyclic) bond motifs is 1. The van der Waals surface area contributed by atoms with Gasteiger partial charge in [0.25, 0.3) is 0 Å². The van der Waals surface area contributed by atoms with Gasteiger partial charge in [0.05, 0.1) is 5.56 Å². The number of methoxy groups -OCH3 is 1. The van der Waals surface area contributed by atoms with Crippen molar-refractivity contribution < 1.29 is 28.1 Å². The predicted molar refractivity (Wildman–Crippen MR) is 143 cm³/mol. The van der Waals surface area contributed by atoms with Gasteiger partial charge in [0.15, 0.2) is 6.79 Å². The Morgan fingerprint density at radius 2 is 1.63 bits per heavy atom. The van der Waals surface area contributed by atoms with Gasteiger partial charge in [0.2, 0.25) is 0 Å². The zero-order chi connectivity index (χ0) is 26.6. The lowest BCUT2D eigenvalue weighted by molar-refractivity contribution is 0.0207. The van der Waals surface area contributed by atoms with E-state index in [1.807, 2.05) is 0 Å². The van der Waals surface area contributed by atoms with E-state index in [2.05, 4.69) is 52.7 Å². The highest BCUT2D eigenvalue weighted by molar-refractivity contribution is 8.38. The van der Waals surface area contributed by atoms with Crippen molar-refractivity contribution in [1.29, 1.82) is 0 Å². The Morgan fingerprint density at radius 3 is 2.14 bits per heavy atom. The predicted octanol–water partition coefficient (Wildman–Crippen LogP) is 7.61. The zero-order valence-electron chi connectivity index (χ0n) is 22.6. The molecule has 5 nitrogen and oxygen atoms in total. The van der Waals surface area contributed by atoms with E-state index < -0.39 is 27.6 Å². The molecule has 35 heavy (non-hydrogen) atoms. The molecule has 0 atom stereocenters. The molecule has 0 spiro atoms. The molecule has 2 rings (SSSR count). The molecule has 0 aliphatic heterocycles. The summed E-state index contributed by atoms with van der Waals surface area (Å²) in [5, 5.41) is 5.55. The third-order valence-electron chi connectivity index (χ3n) is 5.62. The number of carbonyl (C=O) groups excluding carboxylic acids is 1. The summed E-state index contributed by atoms with van der Waals surface area (Å²) in [5.74, 6) is 3.23. The highest BCUT2D eigenvalue weighted by atomic mass is 32.3. The lowest BCUT2D eigenvalue weighted by Gasteiger charge is -2.46. The molecule has 0 radical (unpaired) electrons. The van der Waals surface area contributed by atoms with Crippen LogP contribution in [0, 0.1) is 17.0 Å². The summed E-state index contributed by atoms with van der Waals surface area (Å²) in [6.45, 7) is 18.3. The van der Waals surface area contributed by atoms with Crippen LogP contribution in [-0.2, 0) is 9.47 Å². The third kappa shape index (κ3) is 6.83. The zero-order valence-corrected chi connectivity index (χ0v) is 23.4. The molecule has 7 heteroatoms. The van der Waals surface area contributed by atoms with Gasteiger partial charge in [-0.3, -0.25) is 0 Å². The summed E-state index contributed by atoms with van der Waals surface area (Å²) < 4.78 is 36.8. The fraction of sp³-hybridized carbons (Fsp3) is 0.536. The van der Waals surface area contributed by atoms with Gasteiger partial charge in [0, 0.05) is 18.6 Å². The third-order valence-corrected chi connectivity index (χ3v) is 10.8. The lowest BCUT2D eigenvalue weighted by Crippen LogP contribution is -2.27. The SMILES string of the molecule is COCOc1cc(OC(=O)OC(C)(C)C)c2c(C#CS(C(C)C)(C(C)C)C(C)C)c(F)ccc2c1. The maximum Gasteiger partial charge on any atom is 0.514 e. The van der Waals surface area contributed by atoms with Gasteiger partial charge in [-0.25, -0.2) is 9.18 Å². The number of benzene rings is 2. The van der Waals surface area contributed by atoms with Gasteiger partial charge in [-0.2, -0.15) is 10.0 Å². The first kappa shape index (κ1) is 28.8. The van der Waals surface area contributed by atoms with Gasteiger partial charge in [-0.05, 0) is 59.3 Å². The fourth-order valence-electron chi connectivity index (χ4n) is 4.27. The number of ether oxygens (including phenoxy) is 4. The number of hydrogen-bond acceptors (Lipinski definition) is 5. The molecule has 0 unspecified atom stereocenters. The highest BCUT2D eigenvalue weighted by Crippen LogP contribution is 2.59. The highest BCUT2D eigenvalue weighted by Gasteiger charge is 2.33. The summed E-state index contributed by atoms with van der Waals surface area (Å²) in [6, 6.07) is 6.27. The molecule has 0 amide bonds. The van der Waals surface area contributed by atoms with Crippen molar-refractivity contribution in [2.75, 3.05) is 13.9 Å². The van der Waals surface area contributed by atoms with Gasteiger partial charge >= 0.3 is 6.16 Å². The van der Waals surface area contributed by atoms with Crippen LogP contribution in [0.15, 0.2) is 24.3 Å². The first-order valence-corrected chi connectivity index (χ1v) is 13.7. The molecule has 0 aliphatic rings. The van der Waals surface area contributed by atoms with E-state index in [4.69, 9.17) is 18.9 Å². The summed E-state index contributed by atoms with van der Waals surface area (Å²) in [7, 11) is 0.0974. The smallest absolute Gasteiger partial charge is 0.467 e. The largest absolute Gasteiger partial charge is 0.514 e. The Balaban J connectivity index is 2.79. The van der Waals surface area contributed by atoms with Crippen molar-refractivity contribution in [3.8, 4) is 22.7 Å². The molecular formula is C28H39FO5S. The maximum atomic E-state index is 15.3. The normalized spacial score (nSPS) is 12.6. The average Bonchev–Trinajstić information content (AvgIpc) is 2.71. The number of rotatable bonds is 7. The standard InChI is InChI=1S/C28H39FO5S/c1-18(2)35(19(3)4,20(5)6)14-13-23-24(29)12-11-21-15-22(32-17-31-10)16-25(26(21)23)33-27(30)34-28(7,8)9/h11-12,15-16,18-20H,17H2,1-10H3. The summed E-state index contributed by atoms with van der Waals surface area (Å²) in [5.41, 5.74) is -0.558. The van der Waals surface area contributed by atoms with E-state index in [1.54, 1.807) is 32.9 Å². The Kier molecular flexibility index (Phi) is 9.49. The van der Waals surface area contributed by atoms with Crippen LogP contribution in [0.25, 0.3) is 10.8 Å². The van der Waals surface area contributed by atoms with Crippen LogP contribution in [-0.4, -0.2) is 41.4 Å². The fourth-order valence-corrected chi connectivity index (χ4v) is 8.53. The van der Waals surface area contributed by atoms with Crippen molar-refractivity contribution in [2.45, 2.75) is 83.7 Å². The maximum absolute atomic E-state index is 15.3. The van der Waals surface area contributed by atoms with Crippen LogP contribution < -0.4 is 9.47 Å². The van der Waals surface area contributed by atoms with Crippen LogP contribution in [0.1, 0.15) is 67.9 Å². The van der Waals surface area contributed by atoms with E-state index in [0.29, 0.717) is 32.3 Å². The number of halogens is 1. The molecule has 0 N–H and O–H groups in total. The molecule has 2 aromatic rings.